The molecule has 0 radical (unpaired) electrons. The van der Waals surface area contributed by atoms with Crippen LogP contribution >= 0.6 is 0 Å². The molecule has 144 valence electrons. The Morgan fingerprint density at radius 3 is 1.93 bits per heavy atom. The molecule has 3 rings (SSSR count). The molecule has 2 atom stereocenters. The van der Waals surface area contributed by atoms with Gasteiger partial charge in [0.25, 0.3) is 0 Å². The number of hydrogen-bond acceptors (Lipinski definition) is 3. The van der Waals surface area contributed by atoms with Crippen molar-refractivity contribution >= 4 is 6.34 Å². The van der Waals surface area contributed by atoms with E-state index in [0.717, 1.165) is 24.5 Å². The molecule has 0 fully saturated rings. The van der Waals surface area contributed by atoms with Crippen molar-refractivity contribution in [1.82, 2.24) is 14.9 Å². The van der Waals surface area contributed by atoms with E-state index in [2.05, 4.69) is 91.6 Å². The van der Waals surface area contributed by atoms with Gasteiger partial charge in [-0.1, -0.05) is 53.7 Å². The number of pyridine rings is 2. The van der Waals surface area contributed by atoms with Crippen LogP contribution in [0.3, 0.4) is 0 Å². The second-order valence-corrected chi connectivity index (χ2v) is 9.72. The van der Waals surface area contributed by atoms with Gasteiger partial charge < -0.3 is 0 Å². The summed E-state index contributed by atoms with van der Waals surface area (Å²) in [5.41, 5.74) is 2.50. The fourth-order valence-electron chi connectivity index (χ4n) is 4.27. The van der Waals surface area contributed by atoms with Gasteiger partial charge in [-0.2, -0.15) is 0 Å². The van der Waals surface area contributed by atoms with Gasteiger partial charge in [-0.05, 0) is 24.3 Å². The largest absolute Gasteiger partial charge is 0.257 e. The van der Waals surface area contributed by atoms with Crippen LogP contribution in [0.25, 0.3) is 0 Å². The smallest absolute Gasteiger partial charge is 0.235 e. The molecule has 0 aliphatic carbocycles. The van der Waals surface area contributed by atoms with Gasteiger partial charge in [0.1, 0.15) is 25.2 Å². The summed E-state index contributed by atoms with van der Waals surface area (Å²) in [7, 11) is 0. The Balaban J connectivity index is 1.98. The Morgan fingerprint density at radius 2 is 1.44 bits per heavy atom. The highest BCUT2D eigenvalue weighted by atomic mass is 15.3. The van der Waals surface area contributed by atoms with E-state index in [1.165, 1.54) is 0 Å². The Bertz CT molecular complexity index is 770. The third-order valence-corrected chi connectivity index (χ3v) is 5.23. The first-order chi connectivity index (χ1) is 12.7. The van der Waals surface area contributed by atoms with E-state index in [1.807, 2.05) is 24.5 Å². The minimum atomic E-state index is 0.141. The predicted molar refractivity (Wildman–Crippen MR) is 111 cm³/mol. The maximum absolute atomic E-state index is 4.56. The second-order valence-electron chi connectivity index (χ2n) is 9.72. The van der Waals surface area contributed by atoms with Crippen molar-refractivity contribution in [3.8, 4) is 0 Å². The summed E-state index contributed by atoms with van der Waals surface area (Å²) in [6.45, 7) is 15.7. The summed E-state index contributed by atoms with van der Waals surface area (Å²) in [6.07, 6.45) is 6.07. The molecule has 0 saturated heterocycles. The second kappa shape index (κ2) is 7.41. The van der Waals surface area contributed by atoms with Crippen molar-refractivity contribution in [2.45, 2.75) is 66.7 Å². The van der Waals surface area contributed by atoms with Crippen LogP contribution < -0.4 is 0 Å². The van der Waals surface area contributed by atoms with Gasteiger partial charge in [0.05, 0.1) is 11.4 Å². The van der Waals surface area contributed by atoms with Crippen LogP contribution in [-0.4, -0.2) is 37.9 Å². The zero-order chi connectivity index (χ0) is 19.7. The molecule has 1 aliphatic heterocycles. The van der Waals surface area contributed by atoms with Crippen LogP contribution in [0.1, 0.15) is 52.9 Å². The SMILES string of the molecule is CC(C)(C)[C@@H]1[C@@H](C(C)(C)C)[N+](Cc2ccccn2)=CN1Cc1ccccn1. The lowest BCUT2D eigenvalue weighted by atomic mass is 9.72. The molecular weight excluding hydrogens is 332 g/mol. The molecule has 0 unspecified atom stereocenters. The summed E-state index contributed by atoms with van der Waals surface area (Å²) < 4.78 is 2.49. The summed E-state index contributed by atoms with van der Waals surface area (Å²) in [5, 5.41) is 0. The van der Waals surface area contributed by atoms with Crippen molar-refractivity contribution in [2.75, 3.05) is 0 Å². The van der Waals surface area contributed by atoms with Crippen LogP contribution in [-0.2, 0) is 13.1 Å². The first-order valence-corrected chi connectivity index (χ1v) is 9.82. The third kappa shape index (κ3) is 4.55. The van der Waals surface area contributed by atoms with Gasteiger partial charge >= 0.3 is 0 Å². The van der Waals surface area contributed by atoms with E-state index < -0.39 is 0 Å². The average Bonchev–Trinajstić information content (AvgIpc) is 2.95. The zero-order valence-electron chi connectivity index (χ0n) is 17.6. The fourth-order valence-corrected chi connectivity index (χ4v) is 4.27. The molecule has 0 amide bonds. The summed E-state index contributed by atoms with van der Waals surface area (Å²) in [6, 6.07) is 13.1. The Hall–Kier alpha value is -2.23. The highest BCUT2D eigenvalue weighted by Gasteiger charge is 2.53. The zero-order valence-corrected chi connectivity index (χ0v) is 17.6. The fraction of sp³-hybridized carbons (Fsp3) is 0.522. The van der Waals surface area contributed by atoms with E-state index in [1.54, 1.807) is 0 Å². The minimum absolute atomic E-state index is 0.141. The van der Waals surface area contributed by atoms with Crippen LogP contribution in [0.15, 0.2) is 48.8 Å². The normalized spacial score (nSPS) is 20.7. The topological polar surface area (TPSA) is 32.0 Å². The average molecular weight is 366 g/mol. The molecule has 27 heavy (non-hydrogen) atoms. The van der Waals surface area contributed by atoms with E-state index in [-0.39, 0.29) is 10.8 Å². The summed E-state index contributed by atoms with van der Waals surface area (Å²) >= 11 is 0. The molecule has 1 aliphatic rings. The quantitative estimate of drug-likeness (QED) is 0.755. The van der Waals surface area contributed by atoms with Crippen LogP contribution in [0, 0.1) is 10.8 Å². The van der Waals surface area contributed by atoms with E-state index in [0.29, 0.717) is 12.1 Å². The van der Waals surface area contributed by atoms with Gasteiger partial charge in [0.15, 0.2) is 0 Å². The standard InChI is InChI=1S/C23H33N4/c1-22(2,3)20-21(23(4,5)6)27(16-19-12-8-10-14-25-19)17-26(20)15-18-11-7-9-13-24-18/h7-14,17,20-21H,15-16H2,1-6H3/q+1/t20-,21-/m0/s1. The van der Waals surface area contributed by atoms with E-state index in [4.69, 9.17) is 0 Å². The number of aromatic nitrogens is 2. The van der Waals surface area contributed by atoms with E-state index in [9.17, 15) is 0 Å². The lowest BCUT2D eigenvalue weighted by molar-refractivity contribution is -0.588. The molecular formula is C23H33N4+. The molecule has 0 spiro atoms. The first kappa shape index (κ1) is 19.5. The summed E-state index contributed by atoms with van der Waals surface area (Å²) in [4.78, 5) is 11.6. The van der Waals surface area contributed by atoms with Crippen LogP contribution in [0.2, 0.25) is 0 Å². The summed E-state index contributed by atoms with van der Waals surface area (Å²) in [5.74, 6) is 0. The van der Waals surface area contributed by atoms with Crippen molar-refractivity contribution in [3.05, 3.63) is 60.2 Å². The lowest BCUT2D eigenvalue weighted by Crippen LogP contribution is -2.52. The van der Waals surface area contributed by atoms with Crippen LogP contribution in [0.4, 0.5) is 0 Å². The van der Waals surface area contributed by atoms with Gasteiger partial charge in [-0.15, -0.1) is 0 Å². The molecule has 2 aromatic heterocycles. The van der Waals surface area contributed by atoms with E-state index >= 15 is 0 Å². The molecule has 0 saturated carbocycles. The molecule has 4 heteroatoms. The predicted octanol–water partition coefficient (Wildman–Crippen LogP) is 4.36. The first-order valence-electron chi connectivity index (χ1n) is 9.82. The highest BCUT2D eigenvalue weighted by molar-refractivity contribution is 5.53. The number of nitrogens with zero attached hydrogens (tertiary/aromatic N) is 4. The molecule has 0 N–H and O–H groups in total. The van der Waals surface area contributed by atoms with Gasteiger partial charge in [0, 0.05) is 23.2 Å². The molecule has 0 bridgehead atoms. The van der Waals surface area contributed by atoms with Crippen molar-refractivity contribution in [3.63, 3.8) is 0 Å². The minimum Gasteiger partial charge on any atom is -0.257 e. The monoisotopic (exact) mass is 365 g/mol. The molecule has 4 nitrogen and oxygen atoms in total. The molecule has 3 heterocycles. The van der Waals surface area contributed by atoms with Crippen molar-refractivity contribution in [2.24, 2.45) is 10.8 Å². The van der Waals surface area contributed by atoms with Gasteiger partial charge in [0.2, 0.25) is 6.34 Å². The maximum atomic E-state index is 4.56. The Labute approximate surface area is 164 Å². The maximum Gasteiger partial charge on any atom is 0.235 e. The van der Waals surface area contributed by atoms with Gasteiger partial charge in [-0.3, -0.25) is 19.4 Å². The number of hydrogen-bond donors (Lipinski definition) is 0. The number of rotatable bonds is 4. The Morgan fingerprint density at radius 1 is 0.852 bits per heavy atom. The molecule has 2 aromatic rings. The lowest BCUT2D eigenvalue weighted by Gasteiger charge is -2.39. The van der Waals surface area contributed by atoms with Gasteiger partial charge in [-0.25, -0.2) is 0 Å². The Kier molecular flexibility index (Phi) is 5.36. The van der Waals surface area contributed by atoms with Crippen molar-refractivity contribution in [1.29, 1.82) is 0 Å². The third-order valence-electron chi connectivity index (χ3n) is 5.23. The van der Waals surface area contributed by atoms with Crippen molar-refractivity contribution < 1.29 is 4.58 Å². The van der Waals surface area contributed by atoms with Crippen LogP contribution in [0.5, 0.6) is 0 Å². The highest BCUT2D eigenvalue weighted by Crippen LogP contribution is 2.39. The molecule has 0 aromatic carbocycles.